The lowest BCUT2D eigenvalue weighted by Gasteiger charge is -2.21. The van der Waals surface area contributed by atoms with Gasteiger partial charge in [0.25, 0.3) is 0 Å². The van der Waals surface area contributed by atoms with Crippen molar-refractivity contribution in [3.63, 3.8) is 0 Å². The minimum atomic E-state index is 0.0736. The predicted molar refractivity (Wildman–Crippen MR) is 90.8 cm³/mol. The number of hydrogen-bond donors (Lipinski definition) is 1. The van der Waals surface area contributed by atoms with Gasteiger partial charge in [0.2, 0.25) is 0 Å². The first-order chi connectivity index (χ1) is 9.87. The molecule has 0 aromatic heterocycles. The molecule has 0 amide bonds. The van der Waals surface area contributed by atoms with Crippen LogP contribution in [-0.4, -0.2) is 18.8 Å². The van der Waals surface area contributed by atoms with Gasteiger partial charge in [-0.3, -0.25) is 0 Å². The van der Waals surface area contributed by atoms with Crippen LogP contribution in [-0.2, 0) is 6.54 Å². The number of benzene rings is 1. The van der Waals surface area contributed by atoms with Crippen molar-refractivity contribution in [2.24, 2.45) is 0 Å². The van der Waals surface area contributed by atoms with E-state index < -0.39 is 0 Å². The van der Waals surface area contributed by atoms with Gasteiger partial charge in [-0.25, -0.2) is 0 Å². The first-order valence-corrected chi connectivity index (χ1v) is 7.89. The highest BCUT2D eigenvalue weighted by atomic mass is 79.9. The molecule has 0 atom stereocenters. The van der Waals surface area contributed by atoms with Crippen molar-refractivity contribution >= 4 is 15.9 Å². The van der Waals surface area contributed by atoms with Gasteiger partial charge in [0, 0.05) is 12.1 Å². The van der Waals surface area contributed by atoms with Crippen LogP contribution in [0.25, 0.3) is 0 Å². The van der Waals surface area contributed by atoms with Gasteiger partial charge in [-0.05, 0) is 68.2 Å². The number of ether oxygens (including phenoxy) is 2. The van der Waals surface area contributed by atoms with E-state index in [1.165, 1.54) is 0 Å². The van der Waals surface area contributed by atoms with Crippen molar-refractivity contribution in [3.05, 3.63) is 22.2 Å². The molecule has 0 bridgehead atoms. The molecule has 3 nitrogen and oxygen atoms in total. The van der Waals surface area contributed by atoms with Crippen LogP contribution in [0.15, 0.2) is 16.6 Å². The maximum Gasteiger partial charge on any atom is 0.176 e. The first-order valence-electron chi connectivity index (χ1n) is 7.10. The van der Waals surface area contributed by atoms with Crippen LogP contribution < -0.4 is 14.8 Å². The molecule has 0 aliphatic rings. The highest BCUT2D eigenvalue weighted by Gasteiger charge is 2.14. The number of halogens is 1. The summed E-state index contributed by atoms with van der Waals surface area (Å²) in [6.45, 7) is 11.9. The Balaban J connectivity index is 2.96. The second-order valence-electron chi connectivity index (χ2n) is 5.66. The Bertz CT molecular complexity index is 524. The molecule has 0 radical (unpaired) electrons. The van der Waals surface area contributed by atoms with E-state index in [1.54, 1.807) is 6.92 Å². The molecule has 116 valence electrons. The van der Waals surface area contributed by atoms with Gasteiger partial charge in [0.05, 0.1) is 11.1 Å². The van der Waals surface area contributed by atoms with Crippen molar-refractivity contribution < 1.29 is 9.47 Å². The van der Waals surface area contributed by atoms with Gasteiger partial charge in [0.1, 0.15) is 6.61 Å². The van der Waals surface area contributed by atoms with Gasteiger partial charge in [-0.2, -0.15) is 0 Å². The zero-order valence-corrected chi connectivity index (χ0v) is 15.1. The molecular formula is C17H24BrNO2. The van der Waals surface area contributed by atoms with Crippen LogP contribution in [0.1, 0.15) is 40.2 Å². The summed E-state index contributed by atoms with van der Waals surface area (Å²) in [6.07, 6.45) is 0. The minimum absolute atomic E-state index is 0.0736. The Hall–Kier alpha value is -1.18. The lowest BCUT2D eigenvalue weighted by Crippen LogP contribution is -2.35. The van der Waals surface area contributed by atoms with Crippen molar-refractivity contribution in [1.82, 2.24) is 5.32 Å². The summed E-state index contributed by atoms with van der Waals surface area (Å²) in [5, 5.41) is 3.47. The third kappa shape index (κ3) is 6.41. The first kappa shape index (κ1) is 17.9. The van der Waals surface area contributed by atoms with Gasteiger partial charge in [0.15, 0.2) is 11.5 Å². The quantitative estimate of drug-likeness (QED) is 0.779. The standard InChI is InChI=1S/C17H24BrNO2/c1-6-8-9-21-16-14(18)10-13(11-15(16)20-7-2)12-19-17(3,4)5/h10-11,19H,7,9,12H2,1-5H3. The fourth-order valence-electron chi connectivity index (χ4n) is 1.67. The SMILES string of the molecule is CC#CCOc1c(Br)cc(CNC(C)(C)C)cc1OCC. The summed E-state index contributed by atoms with van der Waals surface area (Å²) >= 11 is 3.56. The highest BCUT2D eigenvalue weighted by molar-refractivity contribution is 9.10. The van der Waals surface area contributed by atoms with Crippen molar-refractivity contribution in [3.8, 4) is 23.3 Å². The molecule has 0 saturated heterocycles. The van der Waals surface area contributed by atoms with Gasteiger partial charge in [-0.15, -0.1) is 5.92 Å². The van der Waals surface area contributed by atoms with Crippen LogP contribution >= 0.6 is 15.9 Å². The van der Waals surface area contributed by atoms with E-state index in [0.29, 0.717) is 19.0 Å². The Kier molecular flexibility index (Phi) is 7.07. The lowest BCUT2D eigenvalue weighted by atomic mass is 10.1. The predicted octanol–water partition coefficient (Wildman–Crippen LogP) is 4.14. The van der Waals surface area contributed by atoms with Crippen LogP contribution in [0, 0.1) is 11.8 Å². The second kappa shape index (κ2) is 8.31. The summed E-state index contributed by atoms with van der Waals surface area (Å²) < 4.78 is 12.3. The molecule has 4 heteroatoms. The molecule has 0 saturated carbocycles. The minimum Gasteiger partial charge on any atom is -0.490 e. The van der Waals surface area contributed by atoms with Crippen molar-refractivity contribution in [1.29, 1.82) is 0 Å². The van der Waals surface area contributed by atoms with E-state index in [-0.39, 0.29) is 5.54 Å². The highest BCUT2D eigenvalue weighted by Crippen LogP contribution is 2.37. The van der Waals surface area contributed by atoms with Crippen LogP contribution in [0.4, 0.5) is 0 Å². The van der Waals surface area contributed by atoms with E-state index >= 15 is 0 Å². The molecule has 1 aromatic carbocycles. The van der Waals surface area contributed by atoms with Gasteiger partial charge in [-0.1, -0.05) is 5.92 Å². The lowest BCUT2D eigenvalue weighted by molar-refractivity contribution is 0.297. The van der Waals surface area contributed by atoms with Crippen LogP contribution in [0.3, 0.4) is 0 Å². The molecule has 1 aromatic rings. The summed E-state index contributed by atoms with van der Waals surface area (Å²) in [5.74, 6) is 7.16. The van der Waals surface area contributed by atoms with Gasteiger partial charge < -0.3 is 14.8 Å². The number of rotatable bonds is 6. The second-order valence-corrected chi connectivity index (χ2v) is 6.51. The maximum absolute atomic E-state index is 5.70. The third-order valence-corrected chi connectivity index (χ3v) is 3.25. The summed E-state index contributed by atoms with van der Waals surface area (Å²) in [6, 6.07) is 4.07. The Labute approximate surface area is 136 Å². The molecule has 1 rings (SSSR count). The zero-order chi connectivity index (χ0) is 15.9. The fraction of sp³-hybridized carbons (Fsp3) is 0.529. The molecule has 0 heterocycles. The molecule has 1 N–H and O–H groups in total. The van der Waals surface area contributed by atoms with E-state index in [9.17, 15) is 0 Å². The molecule has 0 fully saturated rings. The normalized spacial score (nSPS) is 10.8. The fourth-order valence-corrected chi connectivity index (χ4v) is 2.28. The Morgan fingerprint density at radius 2 is 1.95 bits per heavy atom. The average Bonchev–Trinajstić information content (AvgIpc) is 2.39. The monoisotopic (exact) mass is 353 g/mol. The van der Waals surface area contributed by atoms with E-state index in [1.807, 2.05) is 13.0 Å². The van der Waals surface area contributed by atoms with Crippen LogP contribution in [0.2, 0.25) is 0 Å². The third-order valence-electron chi connectivity index (χ3n) is 2.66. The molecule has 21 heavy (non-hydrogen) atoms. The molecule has 0 unspecified atom stereocenters. The molecule has 0 aliphatic heterocycles. The van der Waals surface area contributed by atoms with Crippen molar-refractivity contribution in [2.75, 3.05) is 13.2 Å². The molecular weight excluding hydrogens is 330 g/mol. The zero-order valence-electron chi connectivity index (χ0n) is 13.5. The molecule has 0 aliphatic carbocycles. The Morgan fingerprint density at radius 1 is 1.24 bits per heavy atom. The van der Waals surface area contributed by atoms with Crippen molar-refractivity contribution in [2.45, 2.75) is 46.7 Å². The largest absolute Gasteiger partial charge is 0.490 e. The average molecular weight is 354 g/mol. The summed E-state index contributed by atoms with van der Waals surface area (Å²) in [7, 11) is 0. The Morgan fingerprint density at radius 3 is 2.52 bits per heavy atom. The van der Waals surface area contributed by atoms with Crippen LogP contribution in [0.5, 0.6) is 11.5 Å². The number of hydrogen-bond acceptors (Lipinski definition) is 3. The van der Waals surface area contributed by atoms with E-state index in [4.69, 9.17) is 9.47 Å². The maximum atomic E-state index is 5.70. The topological polar surface area (TPSA) is 30.5 Å². The van der Waals surface area contributed by atoms with E-state index in [2.05, 4.69) is 59.9 Å². The van der Waals surface area contributed by atoms with E-state index in [0.717, 1.165) is 22.3 Å². The summed E-state index contributed by atoms with van der Waals surface area (Å²) in [5.41, 5.74) is 1.22. The van der Waals surface area contributed by atoms with Gasteiger partial charge >= 0.3 is 0 Å². The smallest absolute Gasteiger partial charge is 0.176 e. The number of nitrogens with one attached hydrogen (secondary N) is 1. The molecule has 0 spiro atoms. The summed E-state index contributed by atoms with van der Waals surface area (Å²) in [4.78, 5) is 0.